The minimum Gasteiger partial charge on any atom is -0.492 e. The van der Waals surface area contributed by atoms with Crippen molar-refractivity contribution >= 4 is 39.1 Å². The Morgan fingerprint density at radius 2 is 1.56 bits per heavy atom. The molecule has 1 atom stereocenters. The number of nitrogens with zero attached hydrogens (tertiary/aromatic N) is 2. The van der Waals surface area contributed by atoms with Gasteiger partial charge in [0.15, 0.2) is 0 Å². The monoisotopic (exact) mass is 687 g/mol. The van der Waals surface area contributed by atoms with Crippen molar-refractivity contribution < 1.29 is 22.7 Å². The molecule has 0 saturated heterocycles. The van der Waals surface area contributed by atoms with Crippen LogP contribution < -0.4 is 14.4 Å². The number of para-hydroxylation sites is 2. The van der Waals surface area contributed by atoms with Crippen molar-refractivity contribution in [3.8, 4) is 5.75 Å². The maximum atomic E-state index is 14.8. The summed E-state index contributed by atoms with van der Waals surface area (Å²) in [5, 5.41) is 3.59. The zero-order valence-corrected chi connectivity index (χ0v) is 28.9. The van der Waals surface area contributed by atoms with Crippen LogP contribution in [-0.2, 0) is 32.6 Å². The number of carbonyl (C=O) groups is 2. The topological polar surface area (TPSA) is 96.0 Å². The first kappa shape index (κ1) is 35.0. The first-order valence-corrected chi connectivity index (χ1v) is 18.2. The lowest BCUT2D eigenvalue weighted by Crippen LogP contribution is -2.54. The molecule has 10 heteroatoms. The molecule has 4 aromatic rings. The van der Waals surface area contributed by atoms with Gasteiger partial charge in [-0.15, -0.1) is 0 Å². The Morgan fingerprint density at radius 3 is 2.25 bits per heavy atom. The van der Waals surface area contributed by atoms with Gasteiger partial charge in [-0.05, 0) is 74.2 Å². The maximum absolute atomic E-state index is 14.8. The lowest BCUT2D eigenvalue weighted by Gasteiger charge is -2.34. The Labute approximate surface area is 288 Å². The number of aryl methyl sites for hydroxylation is 1. The van der Waals surface area contributed by atoms with E-state index in [0.29, 0.717) is 17.4 Å². The molecule has 0 bridgehead atoms. The van der Waals surface area contributed by atoms with Crippen molar-refractivity contribution in [2.45, 2.75) is 69.5 Å². The second-order valence-corrected chi connectivity index (χ2v) is 14.4. The standard InChI is InChI=1S/C38H42ClN3O5S/c1-3-47-36-19-10-9-18-34(36)42(48(45,46)33-22-20-31(39)21-23-33)27-37(43)41(26-30-15-11-12-28(2)24-30)35(25-29-13-5-4-6-14-29)38(44)40-32-16-7-8-17-32/h4-6,9-15,18-24,32,35H,3,7-8,16-17,25-27H2,1-2H3,(H,40,44)/t35-/m1/s1. The van der Waals surface area contributed by atoms with Crippen LogP contribution >= 0.6 is 11.6 Å². The van der Waals surface area contributed by atoms with Gasteiger partial charge in [0.25, 0.3) is 10.0 Å². The van der Waals surface area contributed by atoms with Crippen LogP contribution in [0.25, 0.3) is 0 Å². The number of amides is 2. The zero-order valence-electron chi connectivity index (χ0n) is 27.3. The zero-order chi connectivity index (χ0) is 34.1. The molecule has 2 amide bonds. The van der Waals surface area contributed by atoms with Crippen molar-refractivity contribution in [3.63, 3.8) is 0 Å². The number of anilines is 1. The number of benzene rings is 4. The molecule has 48 heavy (non-hydrogen) atoms. The highest BCUT2D eigenvalue weighted by Crippen LogP contribution is 2.33. The van der Waals surface area contributed by atoms with Crippen molar-refractivity contribution in [2.75, 3.05) is 17.5 Å². The summed E-state index contributed by atoms with van der Waals surface area (Å²) in [6.07, 6.45) is 4.11. The minimum absolute atomic E-state index is 0.0314. The fraction of sp³-hybridized carbons (Fsp3) is 0.316. The highest BCUT2D eigenvalue weighted by molar-refractivity contribution is 7.92. The van der Waals surface area contributed by atoms with Gasteiger partial charge >= 0.3 is 0 Å². The minimum atomic E-state index is -4.30. The molecular weight excluding hydrogens is 646 g/mol. The number of carbonyl (C=O) groups excluding carboxylic acids is 2. The van der Waals surface area contributed by atoms with Gasteiger partial charge < -0.3 is 15.0 Å². The predicted molar refractivity (Wildman–Crippen MR) is 190 cm³/mol. The third kappa shape index (κ3) is 8.76. The summed E-state index contributed by atoms with van der Waals surface area (Å²) in [7, 11) is -4.30. The molecule has 1 fully saturated rings. The normalized spacial score (nSPS) is 13.9. The van der Waals surface area contributed by atoms with E-state index in [0.717, 1.165) is 46.7 Å². The molecule has 0 spiro atoms. The fourth-order valence-electron chi connectivity index (χ4n) is 6.12. The van der Waals surface area contributed by atoms with E-state index in [2.05, 4.69) is 5.32 Å². The number of hydrogen-bond donors (Lipinski definition) is 1. The van der Waals surface area contributed by atoms with Gasteiger partial charge in [0.05, 0.1) is 17.2 Å². The van der Waals surface area contributed by atoms with E-state index in [1.54, 1.807) is 31.2 Å². The van der Waals surface area contributed by atoms with E-state index in [9.17, 15) is 18.0 Å². The van der Waals surface area contributed by atoms with Gasteiger partial charge in [-0.3, -0.25) is 13.9 Å². The van der Waals surface area contributed by atoms with Crippen molar-refractivity contribution in [3.05, 3.63) is 125 Å². The second kappa shape index (κ2) is 16.2. The third-order valence-electron chi connectivity index (χ3n) is 8.52. The fourth-order valence-corrected chi connectivity index (χ4v) is 7.67. The summed E-state index contributed by atoms with van der Waals surface area (Å²) in [6.45, 7) is 3.61. The first-order chi connectivity index (χ1) is 23.2. The van der Waals surface area contributed by atoms with E-state index in [-0.39, 0.29) is 35.5 Å². The van der Waals surface area contributed by atoms with Crippen LogP contribution in [0.5, 0.6) is 5.75 Å². The molecule has 8 nitrogen and oxygen atoms in total. The predicted octanol–water partition coefficient (Wildman–Crippen LogP) is 6.94. The molecule has 0 radical (unpaired) electrons. The lowest BCUT2D eigenvalue weighted by molar-refractivity contribution is -0.140. The Morgan fingerprint density at radius 1 is 0.896 bits per heavy atom. The molecule has 1 N–H and O–H groups in total. The molecule has 252 valence electrons. The number of sulfonamides is 1. The molecule has 1 aliphatic rings. The molecule has 0 unspecified atom stereocenters. The number of hydrogen-bond acceptors (Lipinski definition) is 5. The average molecular weight is 688 g/mol. The van der Waals surface area contributed by atoms with Crippen LogP contribution in [0.1, 0.15) is 49.3 Å². The van der Waals surface area contributed by atoms with E-state index in [1.165, 1.54) is 29.2 Å². The third-order valence-corrected chi connectivity index (χ3v) is 10.5. The Bertz CT molecular complexity index is 1790. The molecule has 0 heterocycles. The Balaban J connectivity index is 1.59. The van der Waals surface area contributed by atoms with E-state index >= 15 is 0 Å². The summed E-state index contributed by atoms with van der Waals surface area (Å²) in [6, 6.07) is 29.0. The summed E-state index contributed by atoms with van der Waals surface area (Å²) in [4.78, 5) is 30.4. The lowest BCUT2D eigenvalue weighted by atomic mass is 10.0. The molecular formula is C38H42ClN3O5S. The summed E-state index contributed by atoms with van der Waals surface area (Å²) < 4.78 is 35.6. The van der Waals surface area contributed by atoms with Crippen LogP contribution in [-0.4, -0.2) is 50.4 Å². The molecule has 5 rings (SSSR count). The highest BCUT2D eigenvalue weighted by atomic mass is 35.5. The number of nitrogens with one attached hydrogen (secondary N) is 1. The molecule has 1 aliphatic carbocycles. The maximum Gasteiger partial charge on any atom is 0.264 e. The van der Waals surface area contributed by atoms with E-state index in [4.69, 9.17) is 16.3 Å². The molecule has 0 aromatic heterocycles. The number of halogens is 1. The average Bonchev–Trinajstić information content (AvgIpc) is 3.59. The van der Waals surface area contributed by atoms with E-state index < -0.39 is 28.5 Å². The van der Waals surface area contributed by atoms with E-state index in [1.807, 2.05) is 61.5 Å². The second-order valence-electron chi connectivity index (χ2n) is 12.1. The van der Waals surface area contributed by atoms with Crippen LogP contribution in [0.4, 0.5) is 5.69 Å². The Hall–Kier alpha value is -4.34. The van der Waals surface area contributed by atoms with Crippen molar-refractivity contribution in [1.82, 2.24) is 10.2 Å². The molecule has 0 aliphatic heterocycles. The van der Waals surface area contributed by atoms with Gasteiger partial charge in [0.2, 0.25) is 11.8 Å². The van der Waals surface area contributed by atoms with Gasteiger partial charge in [-0.2, -0.15) is 0 Å². The van der Waals surface area contributed by atoms with Gasteiger partial charge in [0, 0.05) is 24.0 Å². The Kier molecular flexibility index (Phi) is 11.8. The quantitative estimate of drug-likeness (QED) is 0.155. The summed E-state index contributed by atoms with van der Waals surface area (Å²) >= 11 is 6.10. The van der Waals surface area contributed by atoms with Crippen LogP contribution in [0.2, 0.25) is 5.02 Å². The highest BCUT2D eigenvalue weighted by Gasteiger charge is 2.36. The van der Waals surface area contributed by atoms with Crippen LogP contribution in [0.3, 0.4) is 0 Å². The van der Waals surface area contributed by atoms with Gasteiger partial charge in [0.1, 0.15) is 18.3 Å². The number of rotatable bonds is 14. The largest absolute Gasteiger partial charge is 0.492 e. The van der Waals surface area contributed by atoms with Crippen LogP contribution in [0, 0.1) is 6.92 Å². The van der Waals surface area contributed by atoms with Crippen molar-refractivity contribution in [1.29, 1.82) is 0 Å². The smallest absolute Gasteiger partial charge is 0.264 e. The molecule has 4 aromatic carbocycles. The van der Waals surface area contributed by atoms with Crippen molar-refractivity contribution in [2.24, 2.45) is 0 Å². The number of ether oxygens (including phenoxy) is 1. The first-order valence-electron chi connectivity index (χ1n) is 16.3. The molecule has 1 saturated carbocycles. The summed E-state index contributed by atoms with van der Waals surface area (Å²) in [5.41, 5.74) is 2.94. The van der Waals surface area contributed by atoms with Gasteiger partial charge in [-0.25, -0.2) is 8.42 Å². The van der Waals surface area contributed by atoms with Gasteiger partial charge in [-0.1, -0.05) is 96.7 Å². The SMILES string of the molecule is CCOc1ccccc1N(CC(=O)N(Cc1cccc(C)c1)[C@H](Cc1ccccc1)C(=O)NC1CCCC1)S(=O)(=O)c1ccc(Cl)cc1. The summed E-state index contributed by atoms with van der Waals surface area (Å²) in [5.74, 6) is -0.466. The van der Waals surface area contributed by atoms with Crippen LogP contribution in [0.15, 0.2) is 108 Å².